The second kappa shape index (κ2) is 8.79. The van der Waals surface area contributed by atoms with Crippen LogP contribution in [0.5, 0.6) is 0 Å². The highest BCUT2D eigenvalue weighted by molar-refractivity contribution is 5.39. The van der Waals surface area contributed by atoms with Crippen molar-refractivity contribution in [3.8, 4) is 5.95 Å². The molecule has 0 atom stereocenters. The van der Waals surface area contributed by atoms with E-state index in [1.807, 2.05) is 12.3 Å². The number of hydrogen-bond donors (Lipinski definition) is 1. The van der Waals surface area contributed by atoms with Gasteiger partial charge in [0.05, 0.1) is 24.7 Å². The number of hydrogen-bond acceptors (Lipinski definition) is 5. The molecule has 0 aliphatic carbocycles. The average Bonchev–Trinajstić information content (AvgIpc) is 3.11. The number of ether oxygens (including phenoxy) is 1. The van der Waals surface area contributed by atoms with Crippen molar-refractivity contribution in [3.63, 3.8) is 0 Å². The zero-order chi connectivity index (χ0) is 16.5. The summed E-state index contributed by atoms with van der Waals surface area (Å²) in [5.41, 5.74) is 2.26. The summed E-state index contributed by atoms with van der Waals surface area (Å²) in [5, 5.41) is 7.57. The highest BCUT2D eigenvalue weighted by Crippen LogP contribution is 2.07. The van der Waals surface area contributed by atoms with E-state index in [4.69, 9.17) is 4.74 Å². The van der Waals surface area contributed by atoms with E-state index in [0.717, 1.165) is 38.3 Å². The molecule has 3 aromatic rings. The van der Waals surface area contributed by atoms with Gasteiger partial charge in [-0.15, -0.1) is 0 Å². The average molecular weight is 323 g/mol. The van der Waals surface area contributed by atoms with Crippen LogP contribution in [0.3, 0.4) is 0 Å². The van der Waals surface area contributed by atoms with Crippen molar-refractivity contribution in [2.75, 3.05) is 25.1 Å². The quantitative estimate of drug-likeness (QED) is 0.613. The monoisotopic (exact) mass is 323 g/mol. The molecule has 0 unspecified atom stereocenters. The molecule has 1 aromatic carbocycles. The van der Waals surface area contributed by atoms with Crippen molar-refractivity contribution < 1.29 is 4.74 Å². The van der Waals surface area contributed by atoms with Crippen LogP contribution >= 0.6 is 0 Å². The summed E-state index contributed by atoms with van der Waals surface area (Å²) in [4.78, 5) is 8.32. The van der Waals surface area contributed by atoms with Crippen LogP contribution in [0, 0.1) is 0 Å². The maximum absolute atomic E-state index is 5.67. The third-order valence-corrected chi connectivity index (χ3v) is 3.51. The number of nitrogens with one attached hydrogen (secondary N) is 1. The Labute approximate surface area is 141 Å². The van der Waals surface area contributed by atoms with E-state index < -0.39 is 0 Å². The third kappa shape index (κ3) is 4.89. The first-order valence-electron chi connectivity index (χ1n) is 8.09. The number of nitrogens with zero attached hydrogens (tertiary/aromatic N) is 4. The van der Waals surface area contributed by atoms with Crippen LogP contribution in [-0.2, 0) is 11.2 Å². The molecule has 0 aliphatic heterocycles. The Balaban J connectivity index is 1.30. The van der Waals surface area contributed by atoms with Gasteiger partial charge >= 0.3 is 0 Å². The Morgan fingerprint density at radius 3 is 2.67 bits per heavy atom. The van der Waals surface area contributed by atoms with Crippen LogP contribution in [0.4, 0.5) is 5.69 Å². The zero-order valence-corrected chi connectivity index (χ0v) is 13.5. The van der Waals surface area contributed by atoms with Gasteiger partial charge < -0.3 is 10.1 Å². The Morgan fingerprint density at radius 2 is 1.83 bits per heavy atom. The third-order valence-electron chi connectivity index (χ3n) is 3.51. The van der Waals surface area contributed by atoms with Gasteiger partial charge in [0, 0.05) is 25.5 Å². The van der Waals surface area contributed by atoms with E-state index in [1.165, 1.54) is 5.56 Å². The van der Waals surface area contributed by atoms with Gasteiger partial charge in [-0.3, -0.25) is 0 Å². The lowest BCUT2D eigenvalue weighted by Crippen LogP contribution is -2.07. The summed E-state index contributed by atoms with van der Waals surface area (Å²) in [6.45, 7) is 2.34. The van der Waals surface area contributed by atoms with Crippen LogP contribution < -0.4 is 5.32 Å². The van der Waals surface area contributed by atoms with Crippen molar-refractivity contribution in [3.05, 3.63) is 66.7 Å². The van der Waals surface area contributed by atoms with Gasteiger partial charge in [-0.05, 0) is 24.5 Å². The molecule has 124 valence electrons. The fourth-order valence-corrected chi connectivity index (χ4v) is 2.28. The molecule has 24 heavy (non-hydrogen) atoms. The Hall–Kier alpha value is -2.73. The van der Waals surface area contributed by atoms with Crippen molar-refractivity contribution in [1.29, 1.82) is 0 Å². The zero-order valence-electron chi connectivity index (χ0n) is 13.5. The van der Waals surface area contributed by atoms with Gasteiger partial charge in [0.2, 0.25) is 5.95 Å². The Kier molecular flexibility index (Phi) is 5.91. The van der Waals surface area contributed by atoms with Crippen LogP contribution in [0.15, 0.2) is 61.2 Å². The van der Waals surface area contributed by atoms with Gasteiger partial charge in [0.15, 0.2) is 0 Å². The summed E-state index contributed by atoms with van der Waals surface area (Å²) in [7, 11) is 0. The fourth-order valence-electron chi connectivity index (χ4n) is 2.28. The minimum atomic E-state index is 0.565. The summed E-state index contributed by atoms with van der Waals surface area (Å²) >= 11 is 0. The molecule has 6 heteroatoms. The Bertz CT molecular complexity index is 715. The van der Waals surface area contributed by atoms with Gasteiger partial charge in [0.25, 0.3) is 0 Å². The molecule has 0 spiro atoms. The first-order chi connectivity index (χ1) is 11.9. The van der Waals surface area contributed by atoms with Crippen LogP contribution in [0.2, 0.25) is 0 Å². The first-order valence-corrected chi connectivity index (χ1v) is 8.09. The molecule has 0 radical (unpaired) electrons. The molecule has 2 heterocycles. The van der Waals surface area contributed by atoms with E-state index in [-0.39, 0.29) is 0 Å². The molecule has 3 rings (SSSR count). The SMILES string of the molecule is c1ccc(CCOCCCNc2cnn(-c3ncccn3)c2)cc1. The summed E-state index contributed by atoms with van der Waals surface area (Å²) in [6.07, 6.45) is 8.95. The fraction of sp³-hybridized carbons (Fsp3) is 0.278. The Morgan fingerprint density at radius 1 is 1.00 bits per heavy atom. The smallest absolute Gasteiger partial charge is 0.250 e. The van der Waals surface area contributed by atoms with Crippen molar-refractivity contribution in [2.45, 2.75) is 12.8 Å². The van der Waals surface area contributed by atoms with Gasteiger partial charge in [-0.25, -0.2) is 14.6 Å². The molecule has 0 saturated heterocycles. The van der Waals surface area contributed by atoms with E-state index in [2.05, 4.69) is 44.6 Å². The largest absolute Gasteiger partial charge is 0.382 e. The summed E-state index contributed by atoms with van der Waals surface area (Å²) in [5.74, 6) is 0.565. The van der Waals surface area contributed by atoms with Crippen LogP contribution in [-0.4, -0.2) is 39.5 Å². The van der Waals surface area contributed by atoms with Crippen molar-refractivity contribution in [2.24, 2.45) is 0 Å². The standard InChI is InChI=1S/C18H21N5O/c1-2-6-16(7-3-1)8-13-24-12-5-11-19-17-14-22-23(15-17)18-20-9-4-10-21-18/h1-4,6-7,9-10,14-15,19H,5,8,11-13H2. The molecule has 0 fully saturated rings. The predicted octanol–water partition coefficient (Wildman–Crippen LogP) is 2.72. The number of benzene rings is 1. The number of anilines is 1. The lowest BCUT2D eigenvalue weighted by molar-refractivity contribution is 0.137. The highest BCUT2D eigenvalue weighted by atomic mass is 16.5. The molecule has 0 aliphatic rings. The van der Waals surface area contributed by atoms with Gasteiger partial charge in [-0.1, -0.05) is 30.3 Å². The lowest BCUT2D eigenvalue weighted by Gasteiger charge is -2.05. The highest BCUT2D eigenvalue weighted by Gasteiger charge is 2.02. The molecule has 6 nitrogen and oxygen atoms in total. The van der Waals surface area contributed by atoms with E-state index >= 15 is 0 Å². The van der Waals surface area contributed by atoms with E-state index in [9.17, 15) is 0 Å². The molecule has 1 N–H and O–H groups in total. The van der Waals surface area contributed by atoms with E-state index in [0.29, 0.717) is 5.95 Å². The molecule has 2 aromatic heterocycles. The number of aromatic nitrogens is 4. The molecule has 0 bridgehead atoms. The normalized spacial score (nSPS) is 10.7. The first kappa shape index (κ1) is 16.1. The minimum Gasteiger partial charge on any atom is -0.382 e. The van der Waals surface area contributed by atoms with Crippen molar-refractivity contribution in [1.82, 2.24) is 19.7 Å². The summed E-state index contributed by atoms with van der Waals surface area (Å²) < 4.78 is 7.32. The molecule has 0 amide bonds. The second-order valence-electron chi connectivity index (χ2n) is 5.35. The van der Waals surface area contributed by atoms with Gasteiger partial charge in [-0.2, -0.15) is 5.10 Å². The van der Waals surface area contributed by atoms with Gasteiger partial charge in [0.1, 0.15) is 0 Å². The maximum atomic E-state index is 5.67. The lowest BCUT2D eigenvalue weighted by atomic mass is 10.2. The minimum absolute atomic E-state index is 0.565. The maximum Gasteiger partial charge on any atom is 0.250 e. The topological polar surface area (TPSA) is 64.9 Å². The second-order valence-corrected chi connectivity index (χ2v) is 5.35. The predicted molar refractivity (Wildman–Crippen MR) is 93.2 cm³/mol. The van der Waals surface area contributed by atoms with E-state index in [1.54, 1.807) is 29.3 Å². The molecular formula is C18H21N5O. The number of rotatable bonds is 9. The van der Waals surface area contributed by atoms with Crippen molar-refractivity contribution >= 4 is 5.69 Å². The molecule has 0 saturated carbocycles. The molecular weight excluding hydrogens is 302 g/mol. The van der Waals surface area contributed by atoms with Crippen LogP contribution in [0.1, 0.15) is 12.0 Å². The van der Waals surface area contributed by atoms with Crippen LogP contribution in [0.25, 0.3) is 5.95 Å². The summed E-state index contributed by atoms with van der Waals surface area (Å²) in [6, 6.07) is 12.2.